The molecule has 1 atom stereocenters. The molecule has 1 aromatic heterocycles. The standard InChI is InChI=1S/C12H14O2/c1-9(8-13)6-11-7-10-4-2-3-5-12(10)14-11/h2-5,7,9,13H,6,8H2,1H3. The van der Waals surface area contributed by atoms with Crippen LogP contribution < -0.4 is 0 Å². The fourth-order valence-corrected chi connectivity index (χ4v) is 1.55. The molecule has 0 aliphatic heterocycles. The van der Waals surface area contributed by atoms with Crippen molar-refractivity contribution in [3.05, 3.63) is 36.1 Å². The van der Waals surface area contributed by atoms with Gasteiger partial charge in [-0.3, -0.25) is 0 Å². The van der Waals surface area contributed by atoms with Crippen molar-refractivity contribution in [2.75, 3.05) is 6.61 Å². The van der Waals surface area contributed by atoms with Crippen LogP contribution in [0, 0.1) is 5.92 Å². The molecule has 2 aromatic rings. The second-order valence-electron chi connectivity index (χ2n) is 3.74. The molecule has 0 radical (unpaired) electrons. The van der Waals surface area contributed by atoms with E-state index in [-0.39, 0.29) is 12.5 Å². The number of rotatable bonds is 3. The lowest BCUT2D eigenvalue weighted by Crippen LogP contribution is -2.03. The van der Waals surface area contributed by atoms with Crippen molar-refractivity contribution in [2.24, 2.45) is 5.92 Å². The van der Waals surface area contributed by atoms with E-state index in [9.17, 15) is 0 Å². The van der Waals surface area contributed by atoms with Crippen LogP contribution in [0.1, 0.15) is 12.7 Å². The van der Waals surface area contributed by atoms with E-state index in [0.29, 0.717) is 0 Å². The van der Waals surface area contributed by atoms with Gasteiger partial charge in [-0.25, -0.2) is 0 Å². The lowest BCUT2D eigenvalue weighted by atomic mass is 10.1. The average Bonchev–Trinajstić information content (AvgIpc) is 2.59. The van der Waals surface area contributed by atoms with Gasteiger partial charge in [-0.05, 0) is 18.1 Å². The summed E-state index contributed by atoms with van der Waals surface area (Å²) in [5.41, 5.74) is 0.924. The largest absolute Gasteiger partial charge is 0.461 e. The molecule has 1 heterocycles. The maximum atomic E-state index is 8.93. The summed E-state index contributed by atoms with van der Waals surface area (Å²) in [4.78, 5) is 0. The Bertz CT molecular complexity index is 384. The minimum Gasteiger partial charge on any atom is -0.461 e. The number of aliphatic hydroxyl groups is 1. The number of furan rings is 1. The molecule has 0 amide bonds. The highest BCUT2D eigenvalue weighted by atomic mass is 16.3. The van der Waals surface area contributed by atoms with E-state index in [0.717, 1.165) is 23.2 Å². The van der Waals surface area contributed by atoms with E-state index in [1.807, 2.05) is 37.3 Å². The minimum atomic E-state index is 0.205. The van der Waals surface area contributed by atoms with Gasteiger partial charge in [-0.2, -0.15) is 0 Å². The molecule has 14 heavy (non-hydrogen) atoms. The first-order valence-corrected chi connectivity index (χ1v) is 4.88. The summed E-state index contributed by atoms with van der Waals surface area (Å²) in [6.45, 7) is 2.21. The molecule has 1 unspecified atom stereocenters. The number of hydrogen-bond acceptors (Lipinski definition) is 2. The van der Waals surface area contributed by atoms with E-state index in [1.54, 1.807) is 0 Å². The maximum absolute atomic E-state index is 8.93. The molecule has 1 N–H and O–H groups in total. The van der Waals surface area contributed by atoms with Gasteiger partial charge < -0.3 is 9.52 Å². The van der Waals surface area contributed by atoms with Gasteiger partial charge in [0, 0.05) is 18.4 Å². The van der Waals surface area contributed by atoms with E-state index < -0.39 is 0 Å². The van der Waals surface area contributed by atoms with Gasteiger partial charge in [0.05, 0.1) is 0 Å². The second-order valence-corrected chi connectivity index (χ2v) is 3.74. The first kappa shape index (κ1) is 9.28. The maximum Gasteiger partial charge on any atom is 0.134 e. The molecule has 0 bridgehead atoms. The fourth-order valence-electron chi connectivity index (χ4n) is 1.55. The number of para-hydroxylation sites is 1. The zero-order valence-electron chi connectivity index (χ0n) is 8.23. The number of benzene rings is 1. The summed E-state index contributed by atoms with van der Waals surface area (Å²) in [5.74, 6) is 1.21. The zero-order valence-corrected chi connectivity index (χ0v) is 8.23. The van der Waals surface area contributed by atoms with Crippen LogP contribution in [-0.4, -0.2) is 11.7 Å². The summed E-state index contributed by atoms with van der Waals surface area (Å²) >= 11 is 0. The highest BCUT2D eigenvalue weighted by Crippen LogP contribution is 2.20. The highest BCUT2D eigenvalue weighted by molar-refractivity contribution is 5.77. The van der Waals surface area contributed by atoms with Crippen LogP contribution in [0.4, 0.5) is 0 Å². The predicted molar refractivity (Wildman–Crippen MR) is 56.2 cm³/mol. The summed E-state index contributed by atoms with van der Waals surface area (Å²) in [5, 5.41) is 10.1. The number of fused-ring (bicyclic) bond motifs is 1. The van der Waals surface area contributed by atoms with Gasteiger partial charge in [0.2, 0.25) is 0 Å². The van der Waals surface area contributed by atoms with Crippen LogP contribution in [0.25, 0.3) is 11.0 Å². The predicted octanol–water partition coefficient (Wildman–Crippen LogP) is 2.60. The lowest BCUT2D eigenvalue weighted by molar-refractivity contribution is 0.232. The molecule has 0 aliphatic rings. The first-order chi connectivity index (χ1) is 6.79. The Hall–Kier alpha value is -1.28. The Morgan fingerprint density at radius 3 is 2.86 bits per heavy atom. The second kappa shape index (κ2) is 3.84. The SMILES string of the molecule is CC(CO)Cc1cc2ccccc2o1. The first-order valence-electron chi connectivity index (χ1n) is 4.88. The molecule has 2 rings (SSSR count). The van der Waals surface area contributed by atoms with Crippen LogP contribution >= 0.6 is 0 Å². The van der Waals surface area contributed by atoms with Crippen molar-refractivity contribution in [2.45, 2.75) is 13.3 Å². The fraction of sp³-hybridized carbons (Fsp3) is 0.333. The lowest BCUT2D eigenvalue weighted by Gasteiger charge is -2.02. The molecular formula is C12H14O2. The van der Waals surface area contributed by atoms with Gasteiger partial charge in [0.1, 0.15) is 11.3 Å². The molecule has 2 nitrogen and oxygen atoms in total. The average molecular weight is 190 g/mol. The summed E-state index contributed by atoms with van der Waals surface area (Å²) < 4.78 is 5.63. The molecule has 1 aromatic carbocycles. The van der Waals surface area contributed by atoms with Crippen LogP contribution in [0.5, 0.6) is 0 Å². The van der Waals surface area contributed by atoms with Gasteiger partial charge in [-0.1, -0.05) is 25.1 Å². The molecule has 0 fully saturated rings. The van der Waals surface area contributed by atoms with Crippen LogP contribution in [0.3, 0.4) is 0 Å². The topological polar surface area (TPSA) is 33.4 Å². The monoisotopic (exact) mass is 190 g/mol. The van der Waals surface area contributed by atoms with Crippen LogP contribution in [0.2, 0.25) is 0 Å². The third kappa shape index (κ3) is 1.80. The highest BCUT2D eigenvalue weighted by Gasteiger charge is 2.07. The van der Waals surface area contributed by atoms with E-state index in [4.69, 9.17) is 9.52 Å². The third-order valence-corrected chi connectivity index (χ3v) is 2.34. The quantitative estimate of drug-likeness (QED) is 0.807. The zero-order chi connectivity index (χ0) is 9.97. The van der Waals surface area contributed by atoms with Gasteiger partial charge in [0.25, 0.3) is 0 Å². The van der Waals surface area contributed by atoms with E-state index in [1.165, 1.54) is 0 Å². The molecule has 0 aliphatic carbocycles. The van der Waals surface area contributed by atoms with Crippen molar-refractivity contribution in [1.82, 2.24) is 0 Å². The minimum absolute atomic E-state index is 0.205. The Kier molecular flexibility index (Phi) is 2.55. The Balaban J connectivity index is 2.27. The van der Waals surface area contributed by atoms with Gasteiger partial charge in [0.15, 0.2) is 0 Å². The Labute approximate surface area is 83.2 Å². The molecular weight excluding hydrogens is 176 g/mol. The number of hydrogen-bond donors (Lipinski definition) is 1. The normalized spacial score (nSPS) is 13.3. The van der Waals surface area contributed by atoms with Crippen molar-refractivity contribution in [1.29, 1.82) is 0 Å². The summed E-state index contributed by atoms with van der Waals surface area (Å²) in [6, 6.07) is 10.00. The molecule has 0 saturated heterocycles. The molecule has 74 valence electrons. The Morgan fingerprint density at radius 1 is 1.36 bits per heavy atom. The van der Waals surface area contributed by atoms with Crippen molar-refractivity contribution < 1.29 is 9.52 Å². The van der Waals surface area contributed by atoms with E-state index >= 15 is 0 Å². The molecule has 2 heteroatoms. The van der Waals surface area contributed by atoms with Crippen molar-refractivity contribution in [3.8, 4) is 0 Å². The van der Waals surface area contributed by atoms with Crippen LogP contribution in [0.15, 0.2) is 34.7 Å². The van der Waals surface area contributed by atoms with Crippen molar-refractivity contribution in [3.63, 3.8) is 0 Å². The van der Waals surface area contributed by atoms with Crippen molar-refractivity contribution >= 4 is 11.0 Å². The van der Waals surface area contributed by atoms with Gasteiger partial charge >= 0.3 is 0 Å². The van der Waals surface area contributed by atoms with E-state index in [2.05, 4.69) is 0 Å². The third-order valence-electron chi connectivity index (χ3n) is 2.34. The van der Waals surface area contributed by atoms with Gasteiger partial charge in [-0.15, -0.1) is 0 Å². The molecule has 0 saturated carbocycles. The Morgan fingerprint density at radius 2 is 2.14 bits per heavy atom. The summed E-state index contributed by atoms with van der Waals surface area (Å²) in [6.07, 6.45) is 0.797. The number of aliphatic hydroxyl groups excluding tert-OH is 1. The molecule has 0 spiro atoms. The summed E-state index contributed by atoms with van der Waals surface area (Å²) in [7, 11) is 0. The smallest absolute Gasteiger partial charge is 0.134 e. The van der Waals surface area contributed by atoms with Crippen LogP contribution in [-0.2, 0) is 6.42 Å².